The summed E-state index contributed by atoms with van der Waals surface area (Å²) in [4.78, 5) is 36.0. The van der Waals surface area contributed by atoms with Gasteiger partial charge in [0, 0.05) is 6.07 Å². The third-order valence-electron chi connectivity index (χ3n) is 4.50. The number of carbonyl (C=O) groups is 2. The molecule has 0 aliphatic heterocycles. The van der Waals surface area contributed by atoms with Crippen LogP contribution in [-0.2, 0) is 29.0 Å². The Hall–Kier alpha value is -2.96. The minimum Gasteiger partial charge on any atom is -0.479 e. The van der Waals surface area contributed by atoms with Gasteiger partial charge in [-0.1, -0.05) is 36.8 Å². The second-order valence-electron chi connectivity index (χ2n) is 6.42. The van der Waals surface area contributed by atoms with Gasteiger partial charge in [0.15, 0.2) is 6.04 Å². The van der Waals surface area contributed by atoms with Crippen molar-refractivity contribution in [2.24, 2.45) is 0 Å². The molecule has 1 amide bonds. The monoisotopic (exact) mass is 355 g/mol. The first-order valence-corrected chi connectivity index (χ1v) is 8.71. The van der Waals surface area contributed by atoms with Crippen LogP contribution in [0.15, 0.2) is 41.2 Å². The Morgan fingerprint density at radius 1 is 1.15 bits per heavy atom. The maximum absolute atomic E-state index is 12.3. The van der Waals surface area contributed by atoms with E-state index < -0.39 is 17.9 Å². The first-order chi connectivity index (χ1) is 12.5. The van der Waals surface area contributed by atoms with Crippen molar-refractivity contribution in [1.82, 2.24) is 15.1 Å². The molecule has 1 aromatic carbocycles. The largest absolute Gasteiger partial charge is 0.479 e. The highest BCUT2D eigenvalue weighted by molar-refractivity contribution is 5.84. The van der Waals surface area contributed by atoms with Crippen molar-refractivity contribution in [3.8, 4) is 0 Å². The van der Waals surface area contributed by atoms with E-state index in [1.807, 2.05) is 0 Å². The molecule has 1 heterocycles. The maximum atomic E-state index is 12.3. The van der Waals surface area contributed by atoms with Crippen LogP contribution in [0.25, 0.3) is 0 Å². The Morgan fingerprint density at radius 2 is 1.88 bits per heavy atom. The van der Waals surface area contributed by atoms with Crippen LogP contribution in [0.5, 0.6) is 0 Å². The molecular formula is C19H21N3O4. The zero-order valence-electron chi connectivity index (χ0n) is 14.4. The van der Waals surface area contributed by atoms with Gasteiger partial charge in [-0.15, -0.1) is 0 Å². The van der Waals surface area contributed by atoms with Crippen LogP contribution in [0.3, 0.4) is 0 Å². The van der Waals surface area contributed by atoms with Gasteiger partial charge in [0.05, 0.1) is 5.69 Å². The van der Waals surface area contributed by atoms with Gasteiger partial charge in [0.1, 0.15) is 6.54 Å². The molecule has 3 rings (SSSR count). The highest BCUT2D eigenvalue weighted by Crippen LogP contribution is 2.17. The standard InChI is InChI=1S/C19H21N3O4/c23-16(20-18(19(25)26)13-7-3-1-4-8-13)12-22-17(24)11-14-9-5-2-6-10-15(14)21-22/h1,3-4,7-8,11,18H,2,5-6,9-10,12H2,(H,20,23)(H,25,26)/t18-/m0/s1. The topological polar surface area (TPSA) is 101 Å². The average molecular weight is 355 g/mol. The minimum atomic E-state index is -1.17. The van der Waals surface area contributed by atoms with Crippen molar-refractivity contribution in [3.05, 3.63) is 63.6 Å². The molecule has 0 spiro atoms. The number of aliphatic carboxylic acids is 1. The number of fused-ring (bicyclic) bond motifs is 1. The van der Waals surface area contributed by atoms with Crippen molar-refractivity contribution in [2.45, 2.75) is 44.7 Å². The maximum Gasteiger partial charge on any atom is 0.330 e. The van der Waals surface area contributed by atoms with Gasteiger partial charge in [0.25, 0.3) is 5.56 Å². The van der Waals surface area contributed by atoms with Crippen LogP contribution in [0.1, 0.15) is 42.1 Å². The zero-order valence-corrected chi connectivity index (χ0v) is 14.4. The summed E-state index contributed by atoms with van der Waals surface area (Å²) in [5.41, 5.74) is 1.94. The molecule has 0 fully saturated rings. The zero-order chi connectivity index (χ0) is 18.5. The smallest absolute Gasteiger partial charge is 0.330 e. The van der Waals surface area contributed by atoms with Gasteiger partial charge < -0.3 is 10.4 Å². The first-order valence-electron chi connectivity index (χ1n) is 8.71. The molecule has 0 radical (unpaired) electrons. The van der Waals surface area contributed by atoms with Crippen molar-refractivity contribution in [2.75, 3.05) is 0 Å². The van der Waals surface area contributed by atoms with E-state index in [0.29, 0.717) is 5.56 Å². The number of amides is 1. The third kappa shape index (κ3) is 4.17. The van der Waals surface area contributed by atoms with Crippen molar-refractivity contribution in [3.63, 3.8) is 0 Å². The van der Waals surface area contributed by atoms with Crippen molar-refractivity contribution < 1.29 is 14.7 Å². The van der Waals surface area contributed by atoms with Gasteiger partial charge >= 0.3 is 5.97 Å². The van der Waals surface area contributed by atoms with Gasteiger partial charge in [0.2, 0.25) is 5.91 Å². The molecule has 1 aliphatic rings. The molecular weight excluding hydrogens is 334 g/mol. The van der Waals surface area contributed by atoms with E-state index in [0.717, 1.165) is 48.0 Å². The number of hydrogen-bond donors (Lipinski definition) is 2. The van der Waals surface area contributed by atoms with Crippen LogP contribution < -0.4 is 10.9 Å². The Kier molecular flexibility index (Phi) is 5.46. The Morgan fingerprint density at radius 3 is 2.62 bits per heavy atom. The van der Waals surface area contributed by atoms with E-state index in [9.17, 15) is 19.5 Å². The lowest BCUT2D eigenvalue weighted by atomic mass is 10.1. The number of nitrogens with one attached hydrogen (secondary N) is 1. The summed E-state index contributed by atoms with van der Waals surface area (Å²) in [5, 5.41) is 16.2. The summed E-state index contributed by atoms with van der Waals surface area (Å²) in [7, 11) is 0. The lowest BCUT2D eigenvalue weighted by molar-refractivity contribution is -0.142. The van der Waals surface area contributed by atoms with E-state index in [-0.39, 0.29) is 12.1 Å². The fraction of sp³-hybridized carbons (Fsp3) is 0.368. The number of aryl methyl sites for hydroxylation is 2. The van der Waals surface area contributed by atoms with Gasteiger partial charge in [-0.25, -0.2) is 9.48 Å². The highest BCUT2D eigenvalue weighted by Gasteiger charge is 2.22. The molecule has 7 heteroatoms. The van der Waals surface area contributed by atoms with Gasteiger partial charge in [-0.05, 0) is 36.8 Å². The van der Waals surface area contributed by atoms with Crippen molar-refractivity contribution in [1.29, 1.82) is 0 Å². The van der Waals surface area contributed by atoms with Crippen LogP contribution in [0.2, 0.25) is 0 Å². The summed E-state index contributed by atoms with van der Waals surface area (Å²) in [6, 6.07) is 8.82. The molecule has 2 N–H and O–H groups in total. The van der Waals surface area contributed by atoms with E-state index >= 15 is 0 Å². The first kappa shape index (κ1) is 17.8. The molecule has 26 heavy (non-hydrogen) atoms. The summed E-state index contributed by atoms with van der Waals surface area (Å²) in [6.45, 7) is -0.303. The fourth-order valence-corrected chi connectivity index (χ4v) is 3.17. The molecule has 1 aromatic heterocycles. The highest BCUT2D eigenvalue weighted by atomic mass is 16.4. The molecule has 0 unspecified atom stereocenters. The summed E-state index contributed by atoms with van der Waals surface area (Å²) in [5.74, 6) is -1.73. The van der Waals surface area contributed by atoms with Gasteiger partial charge in [-0.3, -0.25) is 9.59 Å². The average Bonchev–Trinajstić information content (AvgIpc) is 2.85. The second kappa shape index (κ2) is 7.95. The van der Waals surface area contributed by atoms with E-state index in [2.05, 4.69) is 10.4 Å². The van der Waals surface area contributed by atoms with Crippen LogP contribution in [-0.4, -0.2) is 26.8 Å². The predicted molar refractivity (Wildman–Crippen MR) is 94.7 cm³/mol. The lowest BCUT2D eigenvalue weighted by Gasteiger charge is -2.15. The van der Waals surface area contributed by atoms with Crippen LogP contribution in [0, 0.1) is 0 Å². The molecule has 0 bridgehead atoms. The van der Waals surface area contributed by atoms with E-state index in [1.54, 1.807) is 36.4 Å². The van der Waals surface area contributed by atoms with E-state index in [1.165, 1.54) is 0 Å². The Balaban J connectivity index is 1.76. The van der Waals surface area contributed by atoms with Crippen LogP contribution >= 0.6 is 0 Å². The number of carboxylic acid groups (broad SMARTS) is 1. The second-order valence-corrected chi connectivity index (χ2v) is 6.42. The fourth-order valence-electron chi connectivity index (χ4n) is 3.17. The number of nitrogens with zero attached hydrogens (tertiary/aromatic N) is 2. The molecule has 7 nitrogen and oxygen atoms in total. The lowest BCUT2D eigenvalue weighted by Crippen LogP contribution is -2.38. The molecule has 0 saturated carbocycles. The summed E-state index contributed by atoms with van der Waals surface area (Å²) < 4.78 is 1.11. The SMILES string of the molecule is O=C(Cn1nc2c(cc1=O)CCCCC2)N[C@H](C(=O)O)c1ccccc1. The number of rotatable bonds is 5. The summed E-state index contributed by atoms with van der Waals surface area (Å²) in [6.07, 6.45) is 4.77. The molecule has 2 aromatic rings. The minimum absolute atomic E-state index is 0.303. The molecule has 0 saturated heterocycles. The predicted octanol–water partition coefficient (Wildman–Crippen LogP) is 1.45. The van der Waals surface area contributed by atoms with E-state index in [4.69, 9.17) is 0 Å². The molecule has 136 valence electrons. The number of carboxylic acids is 1. The third-order valence-corrected chi connectivity index (χ3v) is 4.50. The number of benzene rings is 1. The van der Waals surface area contributed by atoms with Gasteiger partial charge in [-0.2, -0.15) is 5.10 Å². The number of aromatic nitrogens is 2. The molecule has 1 aliphatic carbocycles. The normalized spacial score (nSPS) is 14.8. The quantitative estimate of drug-likeness (QED) is 0.791. The Labute approximate surface area is 150 Å². The Bertz CT molecular complexity index is 861. The number of carbonyl (C=O) groups excluding carboxylic acids is 1. The molecule has 1 atom stereocenters. The van der Waals surface area contributed by atoms with Crippen LogP contribution in [0.4, 0.5) is 0 Å². The van der Waals surface area contributed by atoms with Crippen molar-refractivity contribution >= 4 is 11.9 Å². The number of hydrogen-bond acceptors (Lipinski definition) is 4. The summed E-state index contributed by atoms with van der Waals surface area (Å²) >= 11 is 0.